The lowest BCUT2D eigenvalue weighted by Gasteiger charge is -2.06. The quantitative estimate of drug-likeness (QED) is 0.340. The summed E-state index contributed by atoms with van der Waals surface area (Å²) in [4.78, 5) is 0. The third-order valence-electron chi connectivity index (χ3n) is 4.21. The van der Waals surface area contributed by atoms with E-state index >= 15 is 0 Å². The average molecular weight is 304 g/mol. The van der Waals surface area contributed by atoms with E-state index < -0.39 is 0 Å². The van der Waals surface area contributed by atoms with Crippen molar-refractivity contribution in [2.45, 2.75) is 90.9 Å². The zero-order valence-electron chi connectivity index (χ0n) is 14.8. The van der Waals surface area contributed by atoms with Crippen LogP contribution < -0.4 is 4.74 Å². The third-order valence-corrected chi connectivity index (χ3v) is 4.21. The van der Waals surface area contributed by atoms with Gasteiger partial charge in [0, 0.05) is 0 Å². The van der Waals surface area contributed by atoms with Gasteiger partial charge in [-0.25, -0.2) is 0 Å². The molecule has 1 heteroatoms. The van der Waals surface area contributed by atoms with Crippen LogP contribution in [-0.2, 0) is 0 Å². The van der Waals surface area contributed by atoms with Crippen molar-refractivity contribution < 1.29 is 4.74 Å². The van der Waals surface area contributed by atoms with Crippen LogP contribution in [0.1, 0.15) is 89.5 Å². The summed E-state index contributed by atoms with van der Waals surface area (Å²) in [5.74, 6) is 0.952. The van der Waals surface area contributed by atoms with Crippen LogP contribution in [-0.4, -0.2) is 6.61 Å². The molecule has 0 heterocycles. The summed E-state index contributed by atoms with van der Waals surface area (Å²) < 4.78 is 5.72. The minimum Gasteiger partial charge on any atom is -0.494 e. The summed E-state index contributed by atoms with van der Waals surface area (Å²) in [6.07, 6.45) is 16.6. The highest BCUT2D eigenvalue weighted by Crippen LogP contribution is 2.13. The van der Waals surface area contributed by atoms with Gasteiger partial charge in [-0.15, -0.1) is 0 Å². The molecule has 0 amide bonds. The summed E-state index contributed by atoms with van der Waals surface area (Å²) in [5, 5.41) is 0. The highest BCUT2D eigenvalue weighted by atomic mass is 16.5. The zero-order chi connectivity index (χ0) is 15.9. The molecule has 0 unspecified atom stereocenters. The molecule has 0 N–H and O–H groups in total. The first-order valence-electron chi connectivity index (χ1n) is 9.44. The molecule has 1 nitrogen and oxygen atoms in total. The van der Waals surface area contributed by atoms with Gasteiger partial charge in [0.1, 0.15) is 5.75 Å². The average Bonchev–Trinajstić information content (AvgIpc) is 2.53. The van der Waals surface area contributed by atoms with Crippen LogP contribution in [0, 0.1) is 13.0 Å². The van der Waals surface area contributed by atoms with Crippen molar-refractivity contribution in [2.24, 2.45) is 0 Å². The van der Waals surface area contributed by atoms with E-state index in [2.05, 4.69) is 26.0 Å². The molecule has 0 aliphatic carbocycles. The molecule has 0 aromatic heterocycles. The third kappa shape index (κ3) is 10.7. The van der Waals surface area contributed by atoms with Crippen LogP contribution >= 0.6 is 0 Å². The van der Waals surface area contributed by atoms with Crippen LogP contribution in [0.5, 0.6) is 5.75 Å². The summed E-state index contributed by atoms with van der Waals surface area (Å²) in [7, 11) is 0. The first kappa shape index (κ1) is 19.1. The van der Waals surface area contributed by atoms with Crippen LogP contribution in [0.3, 0.4) is 0 Å². The summed E-state index contributed by atoms with van der Waals surface area (Å²) >= 11 is 0. The van der Waals surface area contributed by atoms with E-state index in [4.69, 9.17) is 4.74 Å². The minimum absolute atomic E-state index is 0.842. The number of unbranched alkanes of at least 4 members (excludes halogenated alkanes) is 11. The Hall–Kier alpha value is -0.980. The first-order chi connectivity index (χ1) is 10.8. The number of ether oxygens (including phenoxy) is 1. The van der Waals surface area contributed by atoms with Gasteiger partial charge in [0.2, 0.25) is 0 Å². The lowest BCUT2D eigenvalue weighted by molar-refractivity contribution is 0.304. The van der Waals surface area contributed by atoms with Crippen LogP contribution in [0.15, 0.2) is 18.2 Å². The Labute approximate surface area is 138 Å². The second-order valence-electron chi connectivity index (χ2n) is 6.44. The fourth-order valence-corrected chi connectivity index (χ4v) is 2.71. The molecular weight excluding hydrogens is 268 g/mol. The standard InChI is InChI=1S/C21H35O/c1-3-4-5-6-7-8-9-10-11-12-13-14-19-22-21-17-15-20(2)16-18-21/h15,17-18H,3-14,19H2,1-2H3. The molecule has 0 saturated heterocycles. The Morgan fingerprint density at radius 1 is 0.773 bits per heavy atom. The molecule has 125 valence electrons. The molecule has 1 radical (unpaired) electrons. The normalized spacial score (nSPS) is 10.8. The number of benzene rings is 1. The lowest BCUT2D eigenvalue weighted by Crippen LogP contribution is -1.97. The SMILES string of the molecule is CCCCCCCCCCCCCCOc1c[c]c(C)cc1. The second kappa shape index (κ2) is 13.7. The Bertz CT molecular complexity index is 341. The number of rotatable bonds is 14. The molecule has 1 rings (SSSR count). The van der Waals surface area contributed by atoms with E-state index in [0.29, 0.717) is 0 Å². The monoisotopic (exact) mass is 303 g/mol. The fraction of sp³-hybridized carbons (Fsp3) is 0.714. The maximum atomic E-state index is 5.72. The van der Waals surface area contributed by atoms with E-state index in [1.54, 1.807) is 0 Å². The van der Waals surface area contributed by atoms with Gasteiger partial charge in [-0.2, -0.15) is 0 Å². The Balaban J connectivity index is 1.79. The van der Waals surface area contributed by atoms with Gasteiger partial charge < -0.3 is 4.74 Å². The van der Waals surface area contributed by atoms with Crippen LogP contribution in [0.2, 0.25) is 0 Å². The second-order valence-corrected chi connectivity index (χ2v) is 6.44. The highest BCUT2D eigenvalue weighted by molar-refractivity contribution is 5.25. The van der Waals surface area contributed by atoms with Crippen molar-refractivity contribution in [3.05, 3.63) is 29.8 Å². The Morgan fingerprint density at radius 2 is 1.32 bits per heavy atom. The topological polar surface area (TPSA) is 9.23 Å². The lowest BCUT2D eigenvalue weighted by atomic mass is 10.1. The minimum atomic E-state index is 0.842. The van der Waals surface area contributed by atoms with E-state index in [1.807, 2.05) is 12.1 Å². The maximum Gasteiger partial charge on any atom is 0.119 e. The molecule has 0 fully saturated rings. The highest BCUT2D eigenvalue weighted by Gasteiger charge is 1.95. The Morgan fingerprint density at radius 3 is 1.82 bits per heavy atom. The van der Waals surface area contributed by atoms with Gasteiger partial charge in [0.25, 0.3) is 0 Å². The van der Waals surface area contributed by atoms with Gasteiger partial charge in [0.15, 0.2) is 0 Å². The van der Waals surface area contributed by atoms with E-state index in [1.165, 1.54) is 77.0 Å². The largest absolute Gasteiger partial charge is 0.494 e. The van der Waals surface area contributed by atoms with Crippen molar-refractivity contribution in [3.8, 4) is 5.75 Å². The molecule has 0 bridgehead atoms. The van der Waals surface area contributed by atoms with Crippen LogP contribution in [0.25, 0.3) is 0 Å². The van der Waals surface area contributed by atoms with Gasteiger partial charge >= 0.3 is 0 Å². The number of aryl methyl sites for hydroxylation is 1. The number of hydrogen-bond donors (Lipinski definition) is 0. The van der Waals surface area contributed by atoms with Crippen LogP contribution in [0.4, 0.5) is 0 Å². The Kier molecular flexibility index (Phi) is 11.8. The maximum absolute atomic E-state index is 5.72. The molecule has 22 heavy (non-hydrogen) atoms. The summed E-state index contributed by atoms with van der Waals surface area (Å²) in [5.41, 5.74) is 1.16. The molecular formula is C21H35O. The van der Waals surface area contributed by atoms with Gasteiger partial charge in [-0.1, -0.05) is 83.6 Å². The zero-order valence-corrected chi connectivity index (χ0v) is 14.8. The molecule has 0 spiro atoms. The van der Waals surface area contributed by atoms with Crippen molar-refractivity contribution in [1.29, 1.82) is 0 Å². The summed E-state index contributed by atoms with van der Waals surface area (Å²) in [6, 6.07) is 9.20. The van der Waals surface area contributed by atoms with Gasteiger partial charge in [-0.3, -0.25) is 0 Å². The van der Waals surface area contributed by atoms with E-state index in [0.717, 1.165) is 17.9 Å². The molecule has 1 aromatic rings. The molecule has 1 aromatic carbocycles. The van der Waals surface area contributed by atoms with Crippen molar-refractivity contribution in [3.63, 3.8) is 0 Å². The predicted molar refractivity (Wildman–Crippen MR) is 96.6 cm³/mol. The van der Waals surface area contributed by atoms with Crippen molar-refractivity contribution in [1.82, 2.24) is 0 Å². The fourth-order valence-electron chi connectivity index (χ4n) is 2.71. The molecule has 0 aliphatic heterocycles. The van der Waals surface area contributed by atoms with Crippen molar-refractivity contribution >= 4 is 0 Å². The number of hydrogen-bond acceptors (Lipinski definition) is 1. The molecule has 0 atom stereocenters. The molecule has 0 saturated carbocycles. The first-order valence-corrected chi connectivity index (χ1v) is 9.44. The van der Waals surface area contributed by atoms with Crippen molar-refractivity contribution in [2.75, 3.05) is 6.61 Å². The van der Waals surface area contributed by atoms with E-state index in [9.17, 15) is 0 Å². The van der Waals surface area contributed by atoms with E-state index in [-0.39, 0.29) is 0 Å². The molecule has 0 aliphatic rings. The summed E-state index contributed by atoms with van der Waals surface area (Å²) in [6.45, 7) is 5.17. The smallest absolute Gasteiger partial charge is 0.119 e. The van der Waals surface area contributed by atoms with Gasteiger partial charge in [-0.05, 0) is 37.1 Å². The predicted octanol–water partition coefficient (Wildman–Crippen LogP) is 6.88. The van der Waals surface area contributed by atoms with Gasteiger partial charge in [0.05, 0.1) is 6.61 Å².